The number of aliphatic hydroxyl groups excluding tert-OH is 1. The van der Waals surface area contributed by atoms with Gasteiger partial charge in [-0.2, -0.15) is 0 Å². The minimum atomic E-state index is 0.120. The largest absolute Gasteiger partial charge is 0.396 e. The van der Waals surface area contributed by atoms with Crippen molar-refractivity contribution in [3.05, 3.63) is 35.4 Å². The molecule has 0 aliphatic heterocycles. The molecule has 0 atom stereocenters. The Morgan fingerprint density at radius 1 is 1.06 bits per heavy atom. The molecule has 16 heavy (non-hydrogen) atoms. The monoisotopic (exact) mass is 220 g/mol. The van der Waals surface area contributed by atoms with Gasteiger partial charge in [0.25, 0.3) is 0 Å². The van der Waals surface area contributed by atoms with Crippen molar-refractivity contribution in [2.75, 3.05) is 6.61 Å². The van der Waals surface area contributed by atoms with Gasteiger partial charge in [-0.1, -0.05) is 37.1 Å². The Hall–Kier alpha value is -1.35. The van der Waals surface area contributed by atoms with Gasteiger partial charge < -0.3 is 10.8 Å². The van der Waals surface area contributed by atoms with Crippen LogP contribution in [0.4, 0.5) is 0 Å². The number of nitrogen functional groups attached to an aromatic ring is 1. The van der Waals surface area contributed by atoms with Gasteiger partial charge >= 0.3 is 0 Å². The fourth-order valence-corrected chi connectivity index (χ4v) is 1.65. The maximum Gasteiger partial charge on any atom is 0.122 e. The van der Waals surface area contributed by atoms with E-state index in [1.54, 1.807) is 0 Å². The highest BCUT2D eigenvalue weighted by Gasteiger charge is 1.97. The van der Waals surface area contributed by atoms with Crippen LogP contribution < -0.4 is 5.73 Å². The van der Waals surface area contributed by atoms with Crippen molar-refractivity contribution in [1.29, 1.82) is 5.41 Å². The van der Waals surface area contributed by atoms with E-state index in [2.05, 4.69) is 0 Å². The molecule has 0 spiro atoms. The van der Waals surface area contributed by atoms with Crippen molar-refractivity contribution in [2.45, 2.75) is 32.1 Å². The predicted octanol–water partition coefficient (Wildman–Crippen LogP) is 2.07. The number of rotatable bonds is 7. The second kappa shape index (κ2) is 7.01. The Morgan fingerprint density at radius 2 is 1.69 bits per heavy atom. The molecule has 0 saturated carbocycles. The van der Waals surface area contributed by atoms with E-state index in [0.717, 1.165) is 37.7 Å². The lowest BCUT2D eigenvalue weighted by molar-refractivity contribution is 0.282. The van der Waals surface area contributed by atoms with Crippen LogP contribution in [-0.4, -0.2) is 17.5 Å². The lowest BCUT2D eigenvalue weighted by Crippen LogP contribution is -2.10. The Bertz CT molecular complexity index is 319. The number of hydrogen-bond acceptors (Lipinski definition) is 2. The molecule has 0 radical (unpaired) electrons. The van der Waals surface area contributed by atoms with Gasteiger partial charge in [0.05, 0.1) is 0 Å². The van der Waals surface area contributed by atoms with Crippen LogP contribution in [0.1, 0.15) is 36.8 Å². The highest BCUT2D eigenvalue weighted by molar-refractivity contribution is 5.94. The minimum absolute atomic E-state index is 0.120. The number of amidine groups is 1. The summed E-state index contributed by atoms with van der Waals surface area (Å²) in [6, 6.07) is 7.85. The lowest BCUT2D eigenvalue weighted by Gasteiger charge is -2.03. The summed E-state index contributed by atoms with van der Waals surface area (Å²) >= 11 is 0. The summed E-state index contributed by atoms with van der Waals surface area (Å²) < 4.78 is 0. The fraction of sp³-hybridized carbons (Fsp3) is 0.462. The van der Waals surface area contributed by atoms with Crippen LogP contribution in [0.5, 0.6) is 0 Å². The zero-order chi connectivity index (χ0) is 11.8. The first-order valence-corrected chi connectivity index (χ1v) is 5.78. The van der Waals surface area contributed by atoms with Crippen LogP contribution in [0.3, 0.4) is 0 Å². The summed E-state index contributed by atoms with van der Waals surface area (Å²) in [6.07, 6.45) is 5.38. The Morgan fingerprint density at radius 3 is 2.25 bits per heavy atom. The third-order valence-electron chi connectivity index (χ3n) is 2.64. The number of hydrogen-bond donors (Lipinski definition) is 3. The van der Waals surface area contributed by atoms with E-state index >= 15 is 0 Å². The van der Waals surface area contributed by atoms with Gasteiger partial charge in [0, 0.05) is 12.2 Å². The molecule has 0 aliphatic rings. The number of aliphatic hydroxyl groups is 1. The molecular weight excluding hydrogens is 200 g/mol. The first-order valence-electron chi connectivity index (χ1n) is 5.78. The van der Waals surface area contributed by atoms with Crippen molar-refractivity contribution in [2.24, 2.45) is 5.73 Å². The van der Waals surface area contributed by atoms with E-state index in [9.17, 15) is 0 Å². The third-order valence-corrected chi connectivity index (χ3v) is 2.64. The van der Waals surface area contributed by atoms with Crippen LogP contribution in [0.25, 0.3) is 0 Å². The normalized spacial score (nSPS) is 10.3. The number of nitrogens with one attached hydrogen (secondary N) is 1. The molecule has 4 N–H and O–H groups in total. The number of nitrogens with two attached hydrogens (primary N) is 1. The molecule has 0 fully saturated rings. The second-order valence-corrected chi connectivity index (χ2v) is 4.00. The summed E-state index contributed by atoms with van der Waals surface area (Å²) in [5.74, 6) is 0.120. The van der Waals surface area contributed by atoms with E-state index in [4.69, 9.17) is 16.2 Å². The van der Waals surface area contributed by atoms with Crippen molar-refractivity contribution in [1.82, 2.24) is 0 Å². The molecule has 0 heterocycles. The third kappa shape index (κ3) is 4.45. The zero-order valence-corrected chi connectivity index (χ0v) is 9.58. The summed E-state index contributed by atoms with van der Waals surface area (Å²) in [7, 11) is 0. The minimum Gasteiger partial charge on any atom is -0.396 e. The van der Waals surface area contributed by atoms with Crippen molar-refractivity contribution < 1.29 is 5.11 Å². The molecule has 88 valence electrons. The first-order chi connectivity index (χ1) is 7.74. The van der Waals surface area contributed by atoms with Crippen LogP contribution >= 0.6 is 0 Å². The number of unbranched alkanes of at least 4 members (excludes halogenated alkanes) is 3. The van der Waals surface area contributed by atoms with Gasteiger partial charge in [-0.05, 0) is 24.8 Å². The lowest BCUT2D eigenvalue weighted by atomic mass is 10.0. The average Bonchev–Trinajstić information content (AvgIpc) is 2.29. The Kier molecular flexibility index (Phi) is 5.57. The topological polar surface area (TPSA) is 70.1 Å². The van der Waals surface area contributed by atoms with Crippen LogP contribution in [-0.2, 0) is 6.42 Å². The van der Waals surface area contributed by atoms with Crippen LogP contribution in [0, 0.1) is 5.41 Å². The van der Waals surface area contributed by atoms with Crippen molar-refractivity contribution >= 4 is 5.84 Å². The summed E-state index contributed by atoms with van der Waals surface area (Å²) in [6.45, 7) is 0.299. The van der Waals surface area contributed by atoms with Gasteiger partial charge in [0.15, 0.2) is 0 Å². The van der Waals surface area contributed by atoms with Gasteiger partial charge in [-0.3, -0.25) is 5.41 Å². The summed E-state index contributed by atoms with van der Waals surface area (Å²) in [4.78, 5) is 0. The average molecular weight is 220 g/mol. The van der Waals surface area contributed by atoms with Gasteiger partial charge in [0.1, 0.15) is 5.84 Å². The molecule has 0 aliphatic carbocycles. The van der Waals surface area contributed by atoms with Gasteiger partial charge in [0.2, 0.25) is 0 Å². The van der Waals surface area contributed by atoms with E-state index in [-0.39, 0.29) is 5.84 Å². The summed E-state index contributed by atoms with van der Waals surface area (Å²) in [5.41, 5.74) is 7.45. The van der Waals surface area contributed by atoms with Crippen molar-refractivity contribution in [3.63, 3.8) is 0 Å². The van der Waals surface area contributed by atoms with Crippen LogP contribution in [0.2, 0.25) is 0 Å². The molecule has 1 aromatic carbocycles. The molecule has 0 aromatic heterocycles. The van der Waals surface area contributed by atoms with E-state index in [0.29, 0.717) is 6.61 Å². The SMILES string of the molecule is N=C(N)c1ccc(CCCCCCO)cc1. The van der Waals surface area contributed by atoms with Gasteiger partial charge in [-0.25, -0.2) is 0 Å². The Labute approximate surface area is 96.8 Å². The van der Waals surface area contributed by atoms with Crippen molar-refractivity contribution in [3.8, 4) is 0 Å². The number of aryl methyl sites for hydroxylation is 1. The quantitative estimate of drug-likeness (QED) is 0.374. The molecule has 0 bridgehead atoms. The molecule has 0 amide bonds. The molecular formula is C13H20N2O. The predicted molar refractivity (Wildman–Crippen MR) is 66.7 cm³/mol. The number of benzene rings is 1. The molecule has 1 rings (SSSR count). The maximum atomic E-state index is 8.63. The van der Waals surface area contributed by atoms with Crippen LogP contribution in [0.15, 0.2) is 24.3 Å². The maximum absolute atomic E-state index is 8.63. The smallest absolute Gasteiger partial charge is 0.122 e. The molecule has 0 saturated heterocycles. The standard InChI is InChI=1S/C13H20N2O/c14-13(15)12-8-6-11(7-9-12)5-3-1-2-4-10-16/h6-9,16H,1-5,10H2,(H3,14,15). The molecule has 3 heteroatoms. The molecule has 0 unspecified atom stereocenters. The molecule has 3 nitrogen and oxygen atoms in total. The Balaban J connectivity index is 2.29. The second-order valence-electron chi connectivity index (χ2n) is 4.00. The first kappa shape index (κ1) is 12.7. The van der Waals surface area contributed by atoms with E-state index in [1.165, 1.54) is 5.56 Å². The fourth-order valence-electron chi connectivity index (χ4n) is 1.65. The van der Waals surface area contributed by atoms with E-state index in [1.807, 2.05) is 24.3 Å². The summed E-state index contributed by atoms with van der Waals surface area (Å²) in [5, 5.41) is 15.9. The molecule has 1 aromatic rings. The highest BCUT2D eigenvalue weighted by atomic mass is 16.2. The highest BCUT2D eigenvalue weighted by Crippen LogP contribution is 2.09. The zero-order valence-electron chi connectivity index (χ0n) is 9.58. The van der Waals surface area contributed by atoms with E-state index < -0.39 is 0 Å². The van der Waals surface area contributed by atoms with Gasteiger partial charge in [-0.15, -0.1) is 0 Å².